The Bertz CT molecular complexity index is 809. The van der Waals surface area contributed by atoms with Crippen LogP contribution in [0.15, 0.2) is 54.6 Å². The minimum atomic E-state index is -0.892. The number of hydrogen-bond acceptors (Lipinski definition) is 3. The summed E-state index contributed by atoms with van der Waals surface area (Å²) >= 11 is 0. The molecule has 1 unspecified atom stereocenters. The molecular formula is C19H18FN3O3. The van der Waals surface area contributed by atoms with Gasteiger partial charge in [-0.2, -0.15) is 0 Å². The van der Waals surface area contributed by atoms with Crippen LogP contribution in [0.4, 0.5) is 10.1 Å². The summed E-state index contributed by atoms with van der Waals surface area (Å²) in [5, 5.41) is 5.30. The topological polar surface area (TPSA) is 78.5 Å². The number of carbonyl (C=O) groups excluding carboxylic acids is 3. The van der Waals surface area contributed by atoms with E-state index in [1.165, 1.54) is 29.2 Å². The average Bonchev–Trinajstić information content (AvgIpc) is 2.65. The van der Waals surface area contributed by atoms with Crippen LogP contribution in [-0.2, 0) is 9.59 Å². The molecule has 1 aliphatic rings. The molecule has 0 spiro atoms. The smallest absolute Gasteiger partial charge is 0.254 e. The standard InChI is InChI=1S/C19H18FN3O3/c20-14-6-8-15(9-7-14)22-17(24)12-16-18(25)21-10-11-23(16)19(26)13-4-2-1-3-5-13/h1-9,16H,10-12H2,(H,21,25)(H,22,24). The highest BCUT2D eigenvalue weighted by Crippen LogP contribution is 2.16. The van der Waals surface area contributed by atoms with Crippen molar-refractivity contribution in [1.82, 2.24) is 10.2 Å². The molecule has 2 aromatic rings. The first-order valence-electron chi connectivity index (χ1n) is 8.24. The largest absolute Gasteiger partial charge is 0.353 e. The van der Waals surface area contributed by atoms with Gasteiger partial charge in [0.1, 0.15) is 11.9 Å². The Morgan fingerprint density at radius 3 is 2.50 bits per heavy atom. The fraction of sp³-hybridized carbons (Fsp3) is 0.211. The molecule has 3 amide bonds. The lowest BCUT2D eigenvalue weighted by molar-refractivity contribution is -0.131. The van der Waals surface area contributed by atoms with Crippen molar-refractivity contribution in [3.05, 3.63) is 66.0 Å². The Kier molecular flexibility index (Phi) is 5.26. The second-order valence-corrected chi connectivity index (χ2v) is 5.93. The van der Waals surface area contributed by atoms with Crippen molar-refractivity contribution in [3.63, 3.8) is 0 Å². The van der Waals surface area contributed by atoms with Crippen molar-refractivity contribution in [1.29, 1.82) is 0 Å². The van der Waals surface area contributed by atoms with Crippen LogP contribution in [0.1, 0.15) is 16.8 Å². The number of amides is 3. The van der Waals surface area contributed by atoms with Crippen LogP contribution in [-0.4, -0.2) is 41.8 Å². The number of benzene rings is 2. The van der Waals surface area contributed by atoms with Crippen molar-refractivity contribution in [2.75, 3.05) is 18.4 Å². The number of piperazine rings is 1. The zero-order valence-electron chi connectivity index (χ0n) is 13.9. The van der Waals surface area contributed by atoms with Gasteiger partial charge in [-0.15, -0.1) is 0 Å². The van der Waals surface area contributed by atoms with Gasteiger partial charge in [0.2, 0.25) is 11.8 Å². The monoisotopic (exact) mass is 355 g/mol. The Hall–Kier alpha value is -3.22. The summed E-state index contributed by atoms with van der Waals surface area (Å²) in [5.74, 6) is -1.49. The van der Waals surface area contributed by atoms with Crippen molar-refractivity contribution in [2.45, 2.75) is 12.5 Å². The summed E-state index contributed by atoms with van der Waals surface area (Å²) in [6.07, 6.45) is -0.179. The van der Waals surface area contributed by atoms with E-state index in [2.05, 4.69) is 10.6 Å². The number of rotatable bonds is 4. The molecule has 134 valence electrons. The summed E-state index contributed by atoms with van der Waals surface area (Å²) in [6, 6.07) is 13.1. The highest BCUT2D eigenvalue weighted by molar-refractivity contribution is 6.01. The van der Waals surface area contributed by atoms with Gasteiger partial charge in [-0.1, -0.05) is 18.2 Å². The van der Waals surface area contributed by atoms with E-state index < -0.39 is 17.8 Å². The van der Waals surface area contributed by atoms with Crippen LogP contribution in [0, 0.1) is 5.82 Å². The van der Waals surface area contributed by atoms with Gasteiger partial charge in [-0.25, -0.2) is 4.39 Å². The lowest BCUT2D eigenvalue weighted by atomic mass is 10.1. The van der Waals surface area contributed by atoms with Gasteiger partial charge in [-0.05, 0) is 36.4 Å². The second-order valence-electron chi connectivity index (χ2n) is 5.93. The maximum atomic E-state index is 12.9. The quantitative estimate of drug-likeness (QED) is 0.878. The van der Waals surface area contributed by atoms with Gasteiger partial charge in [0, 0.05) is 24.3 Å². The Morgan fingerprint density at radius 2 is 1.81 bits per heavy atom. The van der Waals surface area contributed by atoms with E-state index in [9.17, 15) is 18.8 Å². The number of hydrogen-bond donors (Lipinski definition) is 2. The Labute approximate surface area is 150 Å². The number of carbonyl (C=O) groups is 3. The number of anilines is 1. The van der Waals surface area contributed by atoms with E-state index in [1.807, 2.05) is 0 Å². The van der Waals surface area contributed by atoms with Crippen molar-refractivity contribution >= 4 is 23.4 Å². The molecule has 0 aliphatic carbocycles. The Morgan fingerprint density at radius 1 is 1.12 bits per heavy atom. The summed E-state index contributed by atoms with van der Waals surface area (Å²) in [4.78, 5) is 38.7. The molecule has 1 aliphatic heterocycles. The molecule has 6 nitrogen and oxygen atoms in total. The molecule has 0 radical (unpaired) electrons. The van der Waals surface area contributed by atoms with Crippen molar-refractivity contribution in [2.24, 2.45) is 0 Å². The first-order chi connectivity index (χ1) is 12.5. The van der Waals surface area contributed by atoms with E-state index >= 15 is 0 Å². The van der Waals surface area contributed by atoms with E-state index in [-0.39, 0.29) is 18.2 Å². The maximum absolute atomic E-state index is 12.9. The van der Waals surface area contributed by atoms with Crippen LogP contribution < -0.4 is 10.6 Å². The van der Waals surface area contributed by atoms with Crippen LogP contribution in [0.3, 0.4) is 0 Å². The van der Waals surface area contributed by atoms with Gasteiger partial charge in [0.25, 0.3) is 5.91 Å². The predicted octanol–water partition coefficient (Wildman–Crippen LogP) is 1.80. The lowest BCUT2D eigenvalue weighted by Crippen LogP contribution is -2.58. The van der Waals surface area contributed by atoms with Crippen LogP contribution in [0.2, 0.25) is 0 Å². The molecule has 1 fully saturated rings. The molecule has 2 aromatic carbocycles. The zero-order valence-corrected chi connectivity index (χ0v) is 13.9. The van der Waals surface area contributed by atoms with E-state index in [4.69, 9.17) is 0 Å². The molecule has 0 aromatic heterocycles. The molecular weight excluding hydrogens is 337 g/mol. The molecule has 3 rings (SSSR count). The second kappa shape index (κ2) is 7.77. The first-order valence-corrected chi connectivity index (χ1v) is 8.24. The van der Waals surface area contributed by atoms with E-state index in [0.29, 0.717) is 24.3 Å². The normalized spacial score (nSPS) is 16.7. The lowest BCUT2D eigenvalue weighted by Gasteiger charge is -2.34. The van der Waals surface area contributed by atoms with Crippen LogP contribution in [0.25, 0.3) is 0 Å². The summed E-state index contributed by atoms with van der Waals surface area (Å²) in [5.41, 5.74) is 0.889. The minimum Gasteiger partial charge on any atom is -0.353 e. The third-order valence-electron chi connectivity index (χ3n) is 4.12. The first kappa shape index (κ1) is 17.6. The SMILES string of the molecule is O=C(CC1C(=O)NCCN1C(=O)c1ccccc1)Nc1ccc(F)cc1. The summed E-state index contributed by atoms with van der Waals surface area (Å²) < 4.78 is 12.9. The fourth-order valence-electron chi connectivity index (χ4n) is 2.83. The van der Waals surface area contributed by atoms with Crippen molar-refractivity contribution < 1.29 is 18.8 Å². The zero-order chi connectivity index (χ0) is 18.5. The highest BCUT2D eigenvalue weighted by atomic mass is 19.1. The summed E-state index contributed by atoms with van der Waals surface area (Å²) in [7, 11) is 0. The number of nitrogens with zero attached hydrogens (tertiary/aromatic N) is 1. The van der Waals surface area contributed by atoms with Crippen molar-refractivity contribution in [3.8, 4) is 0 Å². The number of halogens is 1. The average molecular weight is 355 g/mol. The van der Waals surface area contributed by atoms with Gasteiger partial charge < -0.3 is 15.5 Å². The Balaban J connectivity index is 1.72. The van der Waals surface area contributed by atoms with E-state index in [1.54, 1.807) is 30.3 Å². The molecule has 1 saturated heterocycles. The van der Waals surface area contributed by atoms with Gasteiger partial charge in [0.15, 0.2) is 0 Å². The maximum Gasteiger partial charge on any atom is 0.254 e. The highest BCUT2D eigenvalue weighted by Gasteiger charge is 2.35. The van der Waals surface area contributed by atoms with E-state index in [0.717, 1.165) is 0 Å². The summed E-state index contributed by atoms with van der Waals surface area (Å²) in [6.45, 7) is 0.668. The molecule has 1 heterocycles. The fourth-order valence-corrected chi connectivity index (χ4v) is 2.83. The van der Waals surface area contributed by atoms with Gasteiger partial charge in [0.05, 0.1) is 6.42 Å². The molecule has 2 N–H and O–H groups in total. The van der Waals surface area contributed by atoms with Gasteiger partial charge >= 0.3 is 0 Å². The third kappa shape index (κ3) is 4.05. The molecule has 0 saturated carbocycles. The molecule has 26 heavy (non-hydrogen) atoms. The van der Waals surface area contributed by atoms with Gasteiger partial charge in [-0.3, -0.25) is 14.4 Å². The minimum absolute atomic E-state index is 0.179. The molecule has 0 bridgehead atoms. The molecule has 7 heteroatoms. The number of nitrogens with one attached hydrogen (secondary N) is 2. The van der Waals surface area contributed by atoms with Crippen LogP contribution >= 0.6 is 0 Å². The third-order valence-corrected chi connectivity index (χ3v) is 4.12. The predicted molar refractivity (Wildman–Crippen MR) is 93.9 cm³/mol. The van der Waals surface area contributed by atoms with Crippen LogP contribution in [0.5, 0.6) is 0 Å². The molecule has 1 atom stereocenters.